The van der Waals surface area contributed by atoms with Crippen molar-refractivity contribution in [2.24, 2.45) is 5.73 Å². The molecule has 3 aromatic rings. The van der Waals surface area contributed by atoms with Crippen LogP contribution in [0.4, 0.5) is 0 Å². The molecular weight excluding hydrogens is 340 g/mol. The molecule has 0 spiro atoms. The van der Waals surface area contributed by atoms with Gasteiger partial charge in [0.1, 0.15) is 11.4 Å². The Morgan fingerprint density at radius 2 is 2.07 bits per heavy atom. The second-order valence-corrected chi connectivity index (χ2v) is 8.18. The zero-order chi connectivity index (χ0) is 18.6. The molecule has 6 rings (SSSR count). The first-order valence-electron chi connectivity index (χ1n) is 9.45. The van der Waals surface area contributed by atoms with Crippen molar-refractivity contribution in [1.29, 1.82) is 0 Å². The SMILES string of the molecule is Cc1cc(OC[C@H](C)c2ccccc2)cn2nc(C34CC(N)(CO3)C4)nc12. The predicted molar refractivity (Wildman–Crippen MR) is 102 cm³/mol. The van der Waals surface area contributed by atoms with Crippen LogP contribution in [0.15, 0.2) is 42.6 Å². The summed E-state index contributed by atoms with van der Waals surface area (Å²) in [5, 5.41) is 4.69. The first-order valence-corrected chi connectivity index (χ1v) is 9.45. The number of aryl methyl sites for hydroxylation is 1. The molecule has 1 saturated carbocycles. The molecule has 1 aromatic carbocycles. The van der Waals surface area contributed by atoms with Crippen LogP contribution >= 0.6 is 0 Å². The second kappa shape index (κ2) is 5.78. The van der Waals surface area contributed by atoms with Crippen molar-refractivity contribution in [1.82, 2.24) is 14.6 Å². The molecular formula is C21H24N4O2. The third kappa shape index (κ3) is 2.71. The van der Waals surface area contributed by atoms with Gasteiger partial charge in [-0.05, 0) is 24.1 Å². The maximum atomic E-state index is 6.22. The number of benzene rings is 1. The van der Waals surface area contributed by atoms with Crippen LogP contribution in [0.3, 0.4) is 0 Å². The van der Waals surface area contributed by atoms with Crippen molar-refractivity contribution < 1.29 is 9.47 Å². The van der Waals surface area contributed by atoms with Crippen LogP contribution in [-0.2, 0) is 10.3 Å². The minimum atomic E-state index is -0.393. The predicted octanol–water partition coefficient (Wildman–Crippen LogP) is 2.94. The summed E-state index contributed by atoms with van der Waals surface area (Å²) < 4.78 is 13.8. The average molecular weight is 364 g/mol. The molecule has 3 fully saturated rings. The fourth-order valence-electron chi connectivity index (χ4n) is 4.28. The quantitative estimate of drug-likeness (QED) is 0.753. The molecule has 2 bridgehead atoms. The third-order valence-corrected chi connectivity index (χ3v) is 5.78. The monoisotopic (exact) mass is 364 g/mol. The molecule has 2 aromatic heterocycles. The molecule has 2 N–H and O–H groups in total. The number of aromatic nitrogens is 3. The van der Waals surface area contributed by atoms with Gasteiger partial charge in [-0.15, -0.1) is 5.10 Å². The van der Waals surface area contributed by atoms with Gasteiger partial charge in [0.2, 0.25) is 0 Å². The van der Waals surface area contributed by atoms with Gasteiger partial charge in [0.25, 0.3) is 0 Å². The van der Waals surface area contributed by atoms with Crippen molar-refractivity contribution in [2.45, 2.75) is 43.7 Å². The van der Waals surface area contributed by atoms with Crippen LogP contribution in [0.5, 0.6) is 5.75 Å². The molecule has 4 heterocycles. The Labute approximate surface area is 158 Å². The van der Waals surface area contributed by atoms with Gasteiger partial charge in [0, 0.05) is 24.3 Å². The van der Waals surface area contributed by atoms with Gasteiger partial charge in [-0.2, -0.15) is 0 Å². The lowest BCUT2D eigenvalue weighted by molar-refractivity contribution is -0.0144. The molecule has 2 aliphatic heterocycles. The van der Waals surface area contributed by atoms with E-state index in [1.165, 1.54) is 5.56 Å². The fraction of sp³-hybridized carbons (Fsp3) is 0.429. The lowest BCUT2D eigenvalue weighted by Gasteiger charge is -2.39. The van der Waals surface area contributed by atoms with Crippen molar-refractivity contribution in [2.75, 3.05) is 13.2 Å². The third-order valence-electron chi connectivity index (χ3n) is 5.78. The smallest absolute Gasteiger partial charge is 0.183 e. The zero-order valence-corrected chi connectivity index (χ0v) is 15.7. The standard InChI is InChI=1S/C21H24N4O2/c1-14-8-17(26-10-15(2)16-6-4-3-5-7-16)9-25-18(14)23-19(24-25)21-11-20(22,12-21)13-27-21/h3-9,15H,10-13,22H2,1-2H3/t15-,20?,21?/m0/s1. The Hall–Kier alpha value is -2.44. The number of hydrogen-bond acceptors (Lipinski definition) is 5. The van der Waals surface area contributed by atoms with Crippen molar-refractivity contribution in [3.63, 3.8) is 0 Å². The van der Waals surface area contributed by atoms with E-state index in [4.69, 9.17) is 20.2 Å². The molecule has 6 nitrogen and oxygen atoms in total. The minimum Gasteiger partial charge on any atom is -0.491 e. The number of nitrogens with zero attached hydrogens (tertiary/aromatic N) is 3. The number of fused-ring (bicyclic) bond motifs is 2. The van der Waals surface area contributed by atoms with Gasteiger partial charge in [-0.1, -0.05) is 37.3 Å². The molecule has 3 aliphatic rings. The molecule has 1 atom stereocenters. The second-order valence-electron chi connectivity index (χ2n) is 8.18. The van der Waals surface area contributed by atoms with Gasteiger partial charge in [-0.25, -0.2) is 9.50 Å². The summed E-state index contributed by atoms with van der Waals surface area (Å²) in [6, 6.07) is 12.4. The van der Waals surface area contributed by atoms with Crippen molar-refractivity contribution >= 4 is 5.65 Å². The first-order chi connectivity index (χ1) is 13.0. The van der Waals surface area contributed by atoms with Gasteiger partial charge in [0.05, 0.1) is 19.4 Å². The highest BCUT2D eigenvalue weighted by atomic mass is 16.5. The summed E-state index contributed by atoms with van der Waals surface area (Å²) in [7, 11) is 0. The van der Waals surface area contributed by atoms with Crippen LogP contribution in [0.2, 0.25) is 0 Å². The van der Waals surface area contributed by atoms with E-state index in [0.717, 1.165) is 35.6 Å². The van der Waals surface area contributed by atoms with Crippen molar-refractivity contribution in [3.8, 4) is 5.75 Å². The van der Waals surface area contributed by atoms with E-state index in [2.05, 4.69) is 36.3 Å². The summed E-state index contributed by atoms with van der Waals surface area (Å²) in [6.45, 7) is 5.40. The van der Waals surface area contributed by atoms with E-state index in [1.54, 1.807) is 4.52 Å². The van der Waals surface area contributed by atoms with Gasteiger partial charge >= 0.3 is 0 Å². The molecule has 6 heteroatoms. The average Bonchev–Trinajstić information content (AvgIpc) is 3.31. The molecule has 0 radical (unpaired) electrons. The molecule has 27 heavy (non-hydrogen) atoms. The maximum Gasteiger partial charge on any atom is 0.183 e. The fourth-order valence-corrected chi connectivity index (χ4v) is 4.28. The van der Waals surface area contributed by atoms with Crippen LogP contribution in [0.1, 0.15) is 42.6 Å². The number of rotatable bonds is 5. The van der Waals surface area contributed by atoms with Gasteiger partial charge < -0.3 is 15.2 Å². The highest BCUT2D eigenvalue weighted by Gasteiger charge is 2.63. The van der Waals surface area contributed by atoms with E-state index in [0.29, 0.717) is 19.1 Å². The van der Waals surface area contributed by atoms with Gasteiger partial charge in [-0.3, -0.25) is 0 Å². The number of pyridine rings is 1. The Balaban J connectivity index is 1.37. The molecule has 1 aliphatic carbocycles. The number of hydrogen-bond donors (Lipinski definition) is 1. The normalized spacial score (nSPS) is 27.5. The Bertz CT molecular complexity index is 992. The van der Waals surface area contributed by atoms with E-state index < -0.39 is 5.60 Å². The lowest BCUT2D eigenvalue weighted by atomic mass is 9.69. The minimum absolute atomic E-state index is 0.186. The maximum absolute atomic E-state index is 6.22. The van der Waals surface area contributed by atoms with E-state index in [9.17, 15) is 0 Å². The van der Waals surface area contributed by atoms with Crippen LogP contribution < -0.4 is 10.5 Å². The topological polar surface area (TPSA) is 74.7 Å². The van der Waals surface area contributed by atoms with Crippen LogP contribution in [0.25, 0.3) is 5.65 Å². The molecule has 2 saturated heterocycles. The first kappa shape index (κ1) is 16.7. The van der Waals surface area contributed by atoms with E-state index in [1.807, 2.05) is 25.3 Å². The van der Waals surface area contributed by atoms with E-state index >= 15 is 0 Å². The highest BCUT2D eigenvalue weighted by molar-refractivity contribution is 5.50. The zero-order valence-electron chi connectivity index (χ0n) is 15.7. The van der Waals surface area contributed by atoms with Gasteiger partial charge in [0.15, 0.2) is 11.5 Å². The summed E-state index contributed by atoms with van der Waals surface area (Å²) in [5.41, 5.74) is 8.79. The number of ether oxygens (including phenoxy) is 2. The highest BCUT2D eigenvalue weighted by Crippen LogP contribution is 2.55. The van der Waals surface area contributed by atoms with Crippen molar-refractivity contribution in [3.05, 3.63) is 59.5 Å². The Morgan fingerprint density at radius 3 is 2.78 bits per heavy atom. The summed E-state index contributed by atoms with van der Waals surface area (Å²) in [4.78, 5) is 4.73. The summed E-state index contributed by atoms with van der Waals surface area (Å²) in [6.07, 6.45) is 3.50. The largest absolute Gasteiger partial charge is 0.491 e. The molecule has 0 amide bonds. The number of nitrogens with two attached hydrogens (primary N) is 1. The lowest BCUT2D eigenvalue weighted by Crippen LogP contribution is -2.54. The van der Waals surface area contributed by atoms with Crippen LogP contribution in [-0.4, -0.2) is 33.4 Å². The van der Waals surface area contributed by atoms with Crippen LogP contribution in [0, 0.1) is 6.92 Å². The van der Waals surface area contributed by atoms with E-state index in [-0.39, 0.29) is 5.54 Å². The molecule has 140 valence electrons. The Morgan fingerprint density at radius 1 is 1.30 bits per heavy atom. The Kier molecular flexibility index (Phi) is 3.58. The summed E-state index contributed by atoms with van der Waals surface area (Å²) in [5.74, 6) is 1.84. The summed E-state index contributed by atoms with van der Waals surface area (Å²) >= 11 is 0. The molecule has 0 unspecified atom stereocenters.